The standard InChI is InChI=1S/C19H30N2/c1-13(2)10-20-11-17-7-8-19-18(9-17)15(5)16(6)21(19)12-14(3)4/h7-9,13-14,20H,10-12H2,1-6H3. The molecule has 1 aromatic heterocycles. The Hall–Kier alpha value is -1.28. The van der Waals surface area contributed by atoms with Gasteiger partial charge in [0.2, 0.25) is 0 Å². The third-order valence-electron chi connectivity index (χ3n) is 4.13. The van der Waals surface area contributed by atoms with Crippen LogP contribution in [0.25, 0.3) is 10.9 Å². The van der Waals surface area contributed by atoms with Gasteiger partial charge in [-0.1, -0.05) is 33.8 Å². The predicted octanol–water partition coefficient (Wildman–Crippen LogP) is 4.66. The van der Waals surface area contributed by atoms with Crippen LogP contribution in [-0.4, -0.2) is 11.1 Å². The van der Waals surface area contributed by atoms with E-state index in [-0.39, 0.29) is 0 Å². The van der Waals surface area contributed by atoms with Crippen LogP contribution in [0.3, 0.4) is 0 Å². The number of rotatable bonds is 6. The van der Waals surface area contributed by atoms with Gasteiger partial charge in [-0.25, -0.2) is 0 Å². The maximum absolute atomic E-state index is 3.53. The van der Waals surface area contributed by atoms with Crippen LogP contribution in [0.5, 0.6) is 0 Å². The summed E-state index contributed by atoms with van der Waals surface area (Å²) in [4.78, 5) is 0. The molecule has 0 aliphatic rings. The van der Waals surface area contributed by atoms with E-state index in [9.17, 15) is 0 Å². The summed E-state index contributed by atoms with van der Waals surface area (Å²) >= 11 is 0. The van der Waals surface area contributed by atoms with E-state index in [1.54, 1.807) is 0 Å². The molecule has 0 bridgehead atoms. The van der Waals surface area contributed by atoms with Crippen LogP contribution in [0.15, 0.2) is 18.2 Å². The van der Waals surface area contributed by atoms with E-state index >= 15 is 0 Å². The Balaban J connectivity index is 2.29. The highest BCUT2D eigenvalue weighted by Crippen LogP contribution is 2.27. The minimum atomic E-state index is 0.672. The smallest absolute Gasteiger partial charge is 0.0485 e. The zero-order valence-electron chi connectivity index (χ0n) is 14.5. The quantitative estimate of drug-likeness (QED) is 0.817. The van der Waals surface area contributed by atoms with Gasteiger partial charge in [-0.05, 0) is 55.5 Å². The number of aryl methyl sites for hydroxylation is 1. The van der Waals surface area contributed by atoms with Crippen molar-refractivity contribution in [1.82, 2.24) is 9.88 Å². The third-order valence-corrected chi connectivity index (χ3v) is 4.13. The van der Waals surface area contributed by atoms with Crippen molar-refractivity contribution in [2.24, 2.45) is 11.8 Å². The molecule has 0 aliphatic heterocycles. The van der Waals surface area contributed by atoms with Crippen LogP contribution in [0.1, 0.15) is 44.5 Å². The van der Waals surface area contributed by atoms with Gasteiger partial charge in [-0.3, -0.25) is 0 Å². The molecule has 0 saturated carbocycles. The Bertz CT molecular complexity index is 606. The van der Waals surface area contributed by atoms with E-state index in [1.165, 1.54) is 27.7 Å². The van der Waals surface area contributed by atoms with E-state index in [0.717, 1.165) is 19.6 Å². The first-order valence-corrected chi connectivity index (χ1v) is 8.19. The minimum absolute atomic E-state index is 0.672. The Kier molecular flexibility index (Phi) is 5.10. The average molecular weight is 286 g/mol. The van der Waals surface area contributed by atoms with Gasteiger partial charge in [0.1, 0.15) is 0 Å². The first-order chi connectivity index (χ1) is 9.90. The van der Waals surface area contributed by atoms with Crippen LogP contribution in [-0.2, 0) is 13.1 Å². The molecule has 0 radical (unpaired) electrons. The van der Waals surface area contributed by atoms with Gasteiger partial charge < -0.3 is 9.88 Å². The summed E-state index contributed by atoms with van der Waals surface area (Å²) in [5.74, 6) is 1.37. The Morgan fingerprint density at radius 2 is 1.76 bits per heavy atom. The maximum atomic E-state index is 3.53. The molecule has 1 aromatic carbocycles. The van der Waals surface area contributed by atoms with Gasteiger partial charge in [0.05, 0.1) is 0 Å². The number of aromatic nitrogens is 1. The molecule has 2 rings (SSSR count). The van der Waals surface area contributed by atoms with E-state index in [0.29, 0.717) is 11.8 Å². The summed E-state index contributed by atoms with van der Waals surface area (Å²) in [6.07, 6.45) is 0. The van der Waals surface area contributed by atoms with Crippen molar-refractivity contribution in [3.8, 4) is 0 Å². The number of benzene rings is 1. The molecule has 21 heavy (non-hydrogen) atoms. The van der Waals surface area contributed by atoms with Crippen molar-refractivity contribution in [3.63, 3.8) is 0 Å². The molecule has 116 valence electrons. The highest BCUT2D eigenvalue weighted by Gasteiger charge is 2.12. The van der Waals surface area contributed by atoms with Gasteiger partial charge in [-0.2, -0.15) is 0 Å². The zero-order valence-corrected chi connectivity index (χ0v) is 14.5. The first-order valence-electron chi connectivity index (χ1n) is 8.19. The molecule has 2 heteroatoms. The van der Waals surface area contributed by atoms with E-state index in [4.69, 9.17) is 0 Å². The van der Waals surface area contributed by atoms with Crippen LogP contribution < -0.4 is 5.32 Å². The molecule has 1 heterocycles. The normalized spacial score (nSPS) is 12.0. The number of hydrogen-bond donors (Lipinski definition) is 1. The van der Waals surface area contributed by atoms with Crippen molar-refractivity contribution in [2.45, 2.75) is 54.6 Å². The fourth-order valence-corrected chi connectivity index (χ4v) is 2.91. The van der Waals surface area contributed by atoms with Crippen molar-refractivity contribution < 1.29 is 0 Å². The summed E-state index contributed by atoms with van der Waals surface area (Å²) in [7, 11) is 0. The largest absolute Gasteiger partial charge is 0.344 e. The van der Waals surface area contributed by atoms with Gasteiger partial charge in [0, 0.05) is 29.7 Å². The molecule has 2 nitrogen and oxygen atoms in total. The second-order valence-electron chi connectivity index (χ2n) is 7.09. The van der Waals surface area contributed by atoms with Gasteiger partial charge in [-0.15, -0.1) is 0 Å². The summed E-state index contributed by atoms with van der Waals surface area (Å²) in [5, 5.41) is 4.95. The third kappa shape index (κ3) is 3.68. The molecule has 1 N–H and O–H groups in total. The monoisotopic (exact) mass is 286 g/mol. The van der Waals surface area contributed by atoms with Gasteiger partial charge in [0.25, 0.3) is 0 Å². The van der Waals surface area contributed by atoms with Crippen LogP contribution in [0.4, 0.5) is 0 Å². The van der Waals surface area contributed by atoms with Crippen molar-refractivity contribution in [1.29, 1.82) is 0 Å². The zero-order chi connectivity index (χ0) is 15.6. The molecule has 0 aliphatic carbocycles. The van der Waals surface area contributed by atoms with Gasteiger partial charge >= 0.3 is 0 Å². The lowest BCUT2D eigenvalue weighted by molar-refractivity contribution is 0.527. The van der Waals surface area contributed by atoms with Crippen LogP contribution in [0.2, 0.25) is 0 Å². The molecular formula is C19H30N2. The Morgan fingerprint density at radius 3 is 2.38 bits per heavy atom. The number of hydrogen-bond acceptors (Lipinski definition) is 1. The number of nitrogens with one attached hydrogen (secondary N) is 1. The fourth-order valence-electron chi connectivity index (χ4n) is 2.91. The van der Waals surface area contributed by atoms with E-state index < -0.39 is 0 Å². The predicted molar refractivity (Wildman–Crippen MR) is 92.8 cm³/mol. The highest BCUT2D eigenvalue weighted by atomic mass is 15.0. The molecular weight excluding hydrogens is 256 g/mol. The molecule has 2 aromatic rings. The Labute approximate surface area is 129 Å². The lowest BCUT2D eigenvalue weighted by Crippen LogP contribution is -2.18. The fraction of sp³-hybridized carbons (Fsp3) is 0.579. The van der Waals surface area contributed by atoms with Crippen LogP contribution >= 0.6 is 0 Å². The van der Waals surface area contributed by atoms with Crippen molar-refractivity contribution >= 4 is 10.9 Å². The van der Waals surface area contributed by atoms with Crippen LogP contribution in [0, 0.1) is 25.7 Å². The average Bonchev–Trinajstić information content (AvgIpc) is 2.63. The summed E-state index contributed by atoms with van der Waals surface area (Å²) < 4.78 is 2.47. The maximum Gasteiger partial charge on any atom is 0.0485 e. The molecule has 0 saturated heterocycles. The number of fused-ring (bicyclic) bond motifs is 1. The topological polar surface area (TPSA) is 17.0 Å². The van der Waals surface area contributed by atoms with Gasteiger partial charge in [0.15, 0.2) is 0 Å². The second kappa shape index (κ2) is 6.65. The highest BCUT2D eigenvalue weighted by molar-refractivity contribution is 5.86. The SMILES string of the molecule is Cc1c(C)n(CC(C)C)c2ccc(CNCC(C)C)cc12. The summed E-state index contributed by atoms with van der Waals surface area (Å²) in [6.45, 7) is 16.7. The van der Waals surface area contributed by atoms with Crippen molar-refractivity contribution in [2.75, 3.05) is 6.54 Å². The molecule has 0 unspecified atom stereocenters. The second-order valence-corrected chi connectivity index (χ2v) is 7.09. The minimum Gasteiger partial charge on any atom is -0.344 e. The lowest BCUT2D eigenvalue weighted by atomic mass is 10.1. The summed E-state index contributed by atoms with van der Waals surface area (Å²) in [6, 6.07) is 6.93. The lowest BCUT2D eigenvalue weighted by Gasteiger charge is -2.11. The van der Waals surface area contributed by atoms with E-state index in [2.05, 4.69) is 69.6 Å². The first kappa shape index (κ1) is 16.1. The molecule has 0 fully saturated rings. The summed E-state index contributed by atoms with van der Waals surface area (Å²) in [5.41, 5.74) is 5.60. The van der Waals surface area contributed by atoms with E-state index in [1.807, 2.05) is 0 Å². The molecule has 0 atom stereocenters. The Morgan fingerprint density at radius 1 is 1.05 bits per heavy atom. The molecule has 0 amide bonds. The van der Waals surface area contributed by atoms with Crippen molar-refractivity contribution in [3.05, 3.63) is 35.0 Å². The number of nitrogens with zero attached hydrogens (tertiary/aromatic N) is 1. The molecule has 0 spiro atoms.